The molecule has 0 aliphatic heterocycles. The van der Waals surface area contributed by atoms with Gasteiger partial charge < -0.3 is 4.42 Å². The molecule has 1 aromatic heterocycles. The second kappa shape index (κ2) is 4.04. The van der Waals surface area contributed by atoms with Crippen LogP contribution in [-0.4, -0.2) is 11.3 Å². The lowest BCUT2D eigenvalue weighted by Gasteiger charge is -2.10. The third kappa shape index (κ3) is 2.20. The zero-order chi connectivity index (χ0) is 12.5. The summed E-state index contributed by atoms with van der Waals surface area (Å²) in [4.78, 5) is 14.0. The lowest BCUT2D eigenvalue weighted by atomic mass is 10.1. The van der Waals surface area contributed by atoms with Crippen LogP contribution in [0.4, 0.5) is 13.2 Å². The van der Waals surface area contributed by atoms with Gasteiger partial charge in [0.05, 0.1) is 5.56 Å². The number of halogens is 3. The van der Waals surface area contributed by atoms with E-state index in [1.165, 1.54) is 18.2 Å². The smallest absolute Gasteiger partial charge is 0.417 e. The van der Waals surface area contributed by atoms with Crippen LogP contribution >= 0.6 is 0 Å². The maximum Gasteiger partial charge on any atom is 0.417 e. The fourth-order valence-corrected chi connectivity index (χ4v) is 1.42. The fraction of sp³-hybridized carbons (Fsp3) is 0.0909. The van der Waals surface area contributed by atoms with Crippen LogP contribution in [0.15, 0.2) is 34.9 Å². The van der Waals surface area contributed by atoms with Gasteiger partial charge in [-0.05, 0) is 6.07 Å². The van der Waals surface area contributed by atoms with E-state index in [0.29, 0.717) is 6.29 Å². The average Bonchev–Trinajstić information content (AvgIpc) is 2.76. The quantitative estimate of drug-likeness (QED) is 0.758. The van der Waals surface area contributed by atoms with Crippen molar-refractivity contribution in [3.63, 3.8) is 0 Å². The summed E-state index contributed by atoms with van der Waals surface area (Å²) in [7, 11) is 0. The van der Waals surface area contributed by atoms with Crippen molar-refractivity contribution in [2.45, 2.75) is 6.18 Å². The van der Waals surface area contributed by atoms with Crippen LogP contribution in [0.3, 0.4) is 0 Å². The molecule has 1 heterocycles. The van der Waals surface area contributed by atoms with Gasteiger partial charge in [0.15, 0.2) is 0 Å². The number of aromatic nitrogens is 1. The van der Waals surface area contributed by atoms with Gasteiger partial charge in [0, 0.05) is 5.56 Å². The summed E-state index contributed by atoms with van der Waals surface area (Å²) in [6.45, 7) is 0. The van der Waals surface area contributed by atoms with Crippen molar-refractivity contribution in [3.05, 3.63) is 42.0 Å². The molecule has 0 saturated carbocycles. The van der Waals surface area contributed by atoms with Crippen molar-refractivity contribution >= 4 is 6.29 Å². The fourth-order valence-electron chi connectivity index (χ4n) is 1.42. The Labute approximate surface area is 93.9 Å². The molecule has 0 fully saturated rings. The van der Waals surface area contributed by atoms with Crippen molar-refractivity contribution in [1.82, 2.24) is 4.98 Å². The Hall–Kier alpha value is -2.11. The van der Waals surface area contributed by atoms with Gasteiger partial charge in [0.2, 0.25) is 6.29 Å². The van der Waals surface area contributed by atoms with Crippen molar-refractivity contribution in [2.24, 2.45) is 0 Å². The second-order valence-corrected chi connectivity index (χ2v) is 3.23. The first-order valence-electron chi connectivity index (χ1n) is 4.59. The Bertz CT molecular complexity index is 546. The molecule has 0 aliphatic carbocycles. The van der Waals surface area contributed by atoms with Crippen LogP contribution in [0.25, 0.3) is 11.3 Å². The standard InChI is InChI=1S/C11H6F3NO2/c12-11(13,14)8-4-2-1-3-7(8)9-6-17-10(5-16)15-9/h1-6H. The molecule has 2 aromatic rings. The van der Waals surface area contributed by atoms with Gasteiger partial charge in [0.25, 0.3) is 5.89 Å². The molecule has 0 spiro atoms. The molecule has 0 amide bonds. The zero-order valence-corrected chi connectivity index (χ0v) is 8.36. The van der Waals surface area contributed by atoms with E-state index in [-0.39, 0.29) is 17.1 Å². The van der Waals surface area contributed by atoms with Crippen molar-refractivity contribution < 1.29 is 22.4 Å². The number of alkyl halides is 3. The van der Waals surface area contributed by atoms with Gasteiger partial charge in [-0.1, -0.05) is 18.2 Å². The molecular formula is C11H6F3NO2. The Kier molecular flexibility index (Phi) is 2.71. The number of benzene rings is 1. The van der Waals surface area contributed by atoms with E-state index in [1.54, 1.807) is 0 Å². The summed E-state index contributed by atoms with van der Waals surface area (Å²) < 4.78 is 42.8. The number of aldehydes is 1. The largest absolute Gasteiger partial charge is 0.442 e. The maximum absolute atomic E-state index is 12.7. The van der Waals surface area contributed by atoms with E-state index in [1.807, 2.05) is 0 Å². The van der Waals surface area contributed by atoms with Gasteiger partial charge >= 0.3 is 6.18 Å². The molecule has 0 saturated heterocycles. The van der Waals surface area contributed by atoms with Crippen LogP contribution in [0.1, 0.15) is 16.2 Å². The van der Waals surface area contributed by atoms with Crippen LogP contribution in [-0.2, 0) is 6.18 Å². The molecule has 0 atom stereocenters. The number of hydrogen-bond donors (Lipinski definition) is 0. The van der Waals surface area contributed by atoms with E-state index < -0.39 is 11.7 Å². The highest BCUT2D eigenvalue weighted by Gasteiger charge is 2.33. The molecule has 17 heavy (non-hydrogen) atoms. The van der Waals surface area contributed by atoms with E-state index in [0.717, 1.165) is 12.3 Å². The lowest BCUT2D eigenvalue weighted by molar-refractivity contribution is -0.137. The SMILES string of the molecule is O=Cc1nc(-c2ccccc2C(F)(F)F)co1. The number of nitrogens with zero attached hydrogens (tertiary/aromatic N) is 1. The van der Waals surface area contributed by atoms with E-state index >= 15 is 0 Å². The highest BCUT2D eigenvalue weighted by Crippen LogP contribution is 2.36. The summed E-state index contributed by atoms with van der Waals surface area (Å²) in [5.74, 6) is -0.253. The molecule has 3 nitrogen and oxygen atoms in total. The molecule has 0 unspecified atom stereocenters. The number of oxazole rings is 1. The van der Waals surface area contributed by atoms with Crippen LogP contribution in [0, 0.1) is 0 Å². The molecule has 0 N–H and O–H groups in total. The van der Waals surface area contributed by atoms with E-state index in [4.69, 9.17) is 0 Å². The van der Waals surface area contributed by atoms with Crippen LogP contribution in [0.5, 0.6) is 0 Å². The molecule has 2 rings (SSSR count). The monoisotopic (exact) mass is 241 g/mol. The maximum atomic E-state index is 12.7. The number of carbonyl (C=O) groups excluding carboxylic acids is 1. The van der Waals surface area contributed by atoms with Crippen molar-refractivity contribution in [3.8, 4) is 11.3 Å². The topological polar surface area (TPSA) is 43.1 Å². The highest BCUT2D eigenvalue weighted by molar-refractivity contribution is 5.71. The Morgan fingerprint density at radius 3 is 2.53 bits per heavy atom. The molecule has 6 heteroatoms. The summed E-state index contributed by atoms with van der Waals surface area (Å²) in [6, 6.07) is 4.97. The van der Waals surface area contributed by atoms with Gasteiger partial charge in [0.1, 0.15) is 12.0 Å². The third-order valence-electron chi connectivity index (χ3n) is 2.13. The van der Waals surface area contributed by atoms with Crippen LogP contribution < -0.4 is 0 Å². The third-order valence-corrected chi connectivity index (χ3v) is 2.13. The van der Waals surface area contributed by atoms with Gasteiger partial charge in [-0.3, -0.25) is 4.79 Å². The van der Waals surface area contributed by atoms with Crippen LogP contribution in [0.2, 0.25) is 0 Å². The number of hydrogen-bond acceptors (Lipinski definition) is 3. The summed E-state index contributed by atoms with van der Waals surface area (Å²) in [6.07, 6.45) is -3.12. The second-order valence-electron chi connectivity index (χ2n) is 3.23. The Balaban J connectivity index is 2.55. The summed E-state index contributed by atoms with van der Waals surface area (Å²) in [5, 5.41) is 0. The minimum absolute atomic E-state index is 0.0139. The first-order valence-corrected chi connectivity index (χ1v) is 4.59. The van der Waals surface area contributed by atoms with Crippen molar-refractivity contribution in [1.29, 1.82) is 0 Å². The molecule has 0 radical (unpaired) electrons. The molecule has 0 aliphatic rings. The molecule has 1 aromatic carbocycles. The summed E-state index contributed by atoms with van der Waals surface area (Å²) in [5.41, 5.74) is -0.942. The average molecular weight is 241 g/mol. The predicted molar refractivity (Wildman–Crippen MR) is 52.3 cm³/mol. The van der Waals surface area contributed by atoms with E-state index in [9.17, 15) is 18.0 Å². The van der Waals surface area contributed by atoms with E-state index in [2.05, 4.69) is 9.40 Å². The lowest BCUT2D eigenvalue weighted by Crippen LogP contribution is -2.06. The normalized spacial score (nSPS) is 11.5. The summed E-state index contributed by atoms with van der Waals surface area (Å²) >= 11 is 0. The zero-order valence-electron chi connectivity index (χ0n) is 8.36. The predicted octanol–water partition coefficient (Wildman–Crippen LogP) is 3.17. The first-order chi connectivity index (χ1) is 8.02. The Morgan fingerprint density at radius 2 is 1.94 bits per heavy atom. The van der Waals surface area contributed by atoms with Gasteiger partial charge in [-0.2, -0.15) is 13.2 Å². The number of carbonyl (C=O) groups is 1. The van der Waals surface area contributed by atoms with Gasteiger partial charge in [-0.15, -0.1) is 0 Å². The highest BCUT2D eigenvalue weighted by atomic mass is 19.4. The van der Waals surface area contributed by atoms with Gasteiger partial charge in [-0.25, -0.2) is 4.98 Å². The first kappa shape index (κ1) is 11.4. The molecule has 0 bridgehead atoms. The number of rotatable bonds is 2. The minimum atomic E-state index is -4.48. The molecule has 88 valence electrons. The minimum Gasteiger partial charge on any atom is -0.442 e. The van der Waals surface area contributed by atoms with Crippen molar-refractivity contribution in [2.75, 3.05) is 0 Å². The molecular weight excluding hydrogens is 235 g/mol. The Morgan fingerprint density at radius 1 is 1.24 bits per heavy atom.